The van der Waals surface area contributed by atoms with Gasteiger partial charge in [-0.1, -0.05) is 19.1 Å². The maximum Gasteiger partial charge on any atom is 0.310 e. The fourth-order valence-corrected chi connectivity index (χ4v) is 3.09. The maximum atomic E-state index is 11.9. The second kappa shape index (κ2) is 10.6. The third-order valence-corrected chi connectivity index (χ3v) is 4.61. The highest BCUT2D eigenvalue weighted by atomic mass is 127. The van der Waals surface area contributed by atoms with Gasteiger partial charge < -0.3 is 19.9 Å². The summed E-state index contributed by atoms with van der Waals surface area (Å²) in [7, 11) is 5.51. The number of halogens is 1. The molecular weight excluding hydrogens is 443 g/mol. The summed E-state index contributed by atoms with van der Waals surface area (Å²) in [6, 6.07) is 8.41. The number of guanidine groups is 1. The van der Waals surface area contributed by atoms with Gasteiger partial charge in [0.25, 0.3) is 0 Å². The zero-order valence-corrected chi connectivity index (χ0v) is 18.7. The second-order valence-corrected chi connectivity index (χ2v) is 6.74. The number of likely N-dealkylation sites (tertiary alicyclic amines) is 1. The van der Waals surface area contributed by atoms with Crippen molar-refractivity contribution in [1.82, 2.24) is 10.2 Å². The molecule has 146 valence electrons. The van der Waals surface area contributed by atoms with Gasteiger partial charge in [0, 0.05) is 39.4 Å². The molecule has 2 rings (SSSR count). The van der Waals surface area contributed by atoms with E-state index in [1.54, 1.807) is 0 Å². The first kappa shape index (κ1) is 22.5. The summed E-state index contributed by atoms with van der Waals surface area (Å²) in [5.74, 6) is 0.895. The molecule has 1 aromatic rings. The van der Waals surface area contributed by atoms with Crippen molar-refractivity contribution in [1.29, 1.82) is 0 Å². The minimum absolute atomic E-state index is 0. The Hall–Kier alpha value is -1.51. The summed E-state index contributed by atoms with van der Waals surface area (Å²) in [4.78, 5) is 20.9. The highest BCUT2D eigenvalue weighted by molar-refractivity contribution is 14.0. The fourth-order valence-electron chi connectivity index (χ4n) is 3.09. The van der Waals surface area contributed by atoms with Crippen LogP contribution in [0.4, 0.5) is 5.69 Å². The van der Waals surface area contributed by atoms with E-state index in [2.05, 4.69) is 53.2 Å². The molecule has 1 saturated heterocycles. The first-order valence-corrected chi connectivity index (χ1v) is 8.83. The molecule has 1 aliphatic rings. The van der Waals surface area contributed by atoms with Gasteiger partial charge in [0.1, 0.15) is 0 Å². The summed E-state index contributed by atoms with van der Waals surface area (Å²) in [5, 5.41) is 3.34. The van der Waals surface area contributed by atoms with Gasteiger partial charge in [0.15, 0.2) is 5.96 Å². The summed E-state index contributed by atoms with van der Waals surface area (Å²) < 4.78 is 4.92. The lowest BCUT2D eigenvalue weighted by Gasteiger charge is -2.21. The number of ether oxygens (including phenoxy) is 1. The molecule has 2 atom stereocenters. The van der Waals surface area contributed by atoms with Crippen LogP contribution in [0.15, 0.2) is 29.3 Å². The average Bonchev–Trinajstić information content (AvgIpc) is 2.99. The van der Waals surface area contributed by atoms with Crippen LogP contribution in [0, 0.1) is 11.8 Å². The summed E-state index contributed by atoms with van der Waals surface area (Å²) in [6.45, 7) is 7.02. The molecule has 0 spiro atoms. The Labute approximate surface area is 174 Å². The number of benzene rings is 1. The van der Waals surface area contributed by atoms with Gasteiger partial charge in [-0.25, -0.2) is 4.99 Å². The highest BCUT2D eigenvalue weighted by Gasteiger charge is 2.36. The molecular formula is C19H31IN4O2. The molecule has 0 aliphatic carbocycles. The van der Waals surface area contributed by atoms with Crippen LogP contribution < -0.4 is 10.2 Å². The van der Waals surface area contributed by atoms with Crippen LogP contribution in [0.2, 0.25) is 0 Å². The monoisotopic (exact) mass is 474 g/mol. The predicted molar refractivity (Wildman–Crippen MR) is 117 cm³/mol. The summed E-state index contributed by atoms with van der Waals surface area (Å²) in [5.41, 5.74) is 2.34. The topological polar surface area (TPSA) is 57.2 Å². The zero-order chi connectivity index (χ0) is 18.4. The van der Waals surface area contributed by atoms with Gasteiger partial charge >= 0.3 is 5.97 Å². The first-order chi connectivity index (χ1) is 12.0. The number of rotatable bonds is 5. The van der Waals surface area contributed by atoms with Crippen molar-refractivity contribution in [2.24, 2.45) is 16.8 Å². The third-order valence-electron chi connectivity index (χ3n) is 4.61. The smallest absolute Gasteiger partial charge is 0.310 e. The van der Waals surface area contributed by atoms with Crippen molar-refractivity contribution in [2.45, 2.75) is 20.4 Å². The van der Waals surface area contributed by atoms with Crippen LogP contribution in [-0.2, 0) is 16.1 Å². The van der Waals surface area contributed by atoms with E-state index >= 15 is 0 Å². The highest BCUT2D eigenvalue weighted by Crippen LogP contribution is 2.24. The number of anilines is 1. The molecule has 2 unspecified atom stereocenters. The van der Waals surface area contributed by atoms with E-state index in [0.29, 0.717) is 13.1 Å². The van der Waals surface area contributed by atoms with Gasteiger partial charge in [-0.05, 0) is 30.5 Å². The van der Waals surface area contributed by atoms with Gasteiger partial charge in [0.05, 0.1) is 19.6 Å². The summed E-state index contributed by atoms with van der Waals surface area (Å²) >= 11 is 0. The number of methoxy groups -OCH3 is 1. The quantitative estimate of drug-likeness (QED) is 0.308. The number of hydrogen-bond acceptors (Lipinski definition) is 4. The minimum Gasteiger partial charge on any atom is -0.469 e. The van der Waals surface area contributed by atoms with E-state index in [9.17, 15) is 4.79 Å². The predicted octanol–water partition coefficient (Wildman–Crippen LogP) is 2.58. The standard InChI is InChI=1S/C19H30N4O2.HI/c1-6-20-19(23-12-14(2)17(13-23)18(24)25-5)21-11-15-7-9-16(10-8-15)22(3)4;/h7-10,14,17H,6,11-13H2,1-5H3,(H,20,21);1H. The molecule has 1 aliphatic heterocycles. The summed E-state index contributed by atoms with van der Waals surface area (Å²) in [6.07, 6.45) is 0. The number of nitrogens with zero attached hydrogens (tertiary/aromatic N) is 3. The SMILES string of the molecule is CCNC(=NCc1ccc(N(C)C)cc1)N1CC(C)C(C(=O)OC)C1.I. The van der Waals surface area contributed by atoms with Gasteiger partial charge in [-0.15, -0.1) is 24.0 Å². The van der Waals surface area contributed by atoms with Crippen LogP contribution in [0.5, 0.6) is 0 Å². The number of esters is 1. The Balaban J connectivity index is 0.00000338. The van der Waals surface area contributed by atoms with Gasteiger partial charge in [-0.3, -0.25) is 4.79 Å². The zero-order valence-electron chi connectivity index (χ0n) is 16.4. The molecule has 1 fully saturated rings. The third kappa shape index (κ3) is 5.75. The first-order valence-electron chi connectivity index (χ1n) is 8.83. The van der Waals surface area contributed by atoms with E-state index in [-0.39, 0.29) is 41.8 Å². The van der Waals surface area contributed by atoms with E-state index in [4.69, 9.17) is 9.73 Å². The Morgan fingerprint density at radius 3 is 2.50 bits per heavy atom. The molecule has 0 radical (unpaired) electrons. The molecule has 0 aromatic heterocycles. The van der Waals surface area contributed by atoms with E-state index in [1.807, 2.05) is 14.1 Å². The van der Waals surface area contributed by atoms with E-state index < -0.39 is 0 Å². The lowest BCUT2D eigenvalue weighted by atomic mass is 9.99. The number of carbonyl (C=O) groups excluding carboxylic acids is 1. The molecule has 1 N–H and O–H groups in total. The van der Waals surface area contributed by atoms with Crippen LogP contribution in [0.1, 0.15) is 19.4 Å². The van der Waals surface area contributed by atoms with Crippen molar-refractivity contribution < 1.29 is 9.53 Å². The Kier molecular flexibility index (Phi) is 9.18. The normalized spacial score (nSPS) is 19.7. The number of nitrogens with one attached hydrogen (secondary N) is 1. The molecule has 26 heavy (non-hydrogen) atoms. The second-order valence-electron chi connectivity index (χ2n) is 6.74. The lowest BCUT2D eigenvalue weighted by Crippen LogP contribution is -2.40. The van der Waals surface area contributed by atoms with Crippen LogP contribution >= 0.6 is 24.0 Å². The van der Waals surface area contributed by atoms with Crippen molar-refractivity contribution >= 4 is 41.6 Å². The molecule has 7 heteroatoms. The minimum atomic E-state index is -0.134. The molecule has 0 bridgehead atoms. The van der Waals surface area contributed by atoms with Crippen molar-refractivity contribution in [3.63, 3.8) is 0 Å². The largest absolute Gasteiger partial charge is 0.469 e. The van der Waals surface area contributed by atoms with E-state index in [1.165, 1.54) is 12.8 Å². The van der Waals surface area contributed by atoms with Crippen LogP contribution in [0.25, 0.3) is 0 Å². The molecule has 1 aromatic carbocycles. The number of carbonyl (C=O) groups is 1. The van der Waals surface area contributed by atoms with Crippen LogP contribution in [-0.4, -0.2) is 57.7 Å². The Morgan fingerprint density at radius 2 is 1.96 bits per heavy atom. The van der Waals surface area contributed by atoms with Crippen LogP contribution in [0.3, 0.4) is 0 Å². The Bertz CT molecular complexity index is 604. The van der Waals surface area contributed by atoms with Gasteiger partial charge in [-0.2, -0.15) is 0 Å². The number of hydrogen-bond donors (Lipinski definition) is 1. The molecule has 1 heterocycles. The molecule has 0 amide bonds. The molecule has 0 saturated carbocycles. The van der Waals surface area contributed by atoms with E-state index in [0.717, 1.165) is 24.6 Å². The van der Waals surface area contributed by atoms with Crippen molar-refractivity contribution in [3.8, 4) is 0 Å². The Morgan fingerprint density at radius 1 is 1.31 bits per heavy atom. The van der Waals surface area contributed by atoms with Crippen molar-refractivity contribution in [2.75, 3.05) is 45.7 Å². The van der Waals surface area contributed by atoms with Gasteiger partial charge in [0.2, 0.25) is 0 Å². The molecule has 6 nitrogen and oxygen atoms in total. The maximum absolute atomic E-state index is 11.9. The average molecular weight is 474 g/mol. The fraction of sp³-hybridized carbons (Fsp3) is 0.579. The lowest BCUT2D eigenvalue weighted by molar-refractivity contribution is -0.145. The number of aliphatic imine (C=N–C) groups is 1. The van der Waals surface area contributed by atoms with Crippen molar-refractivity contribution in [3.05, 3.63) is 29.8 Å².